The smallest absolute Gasteiger partial charge is 0.303 e. The lowest BCUT2D eigenvalue weighted by Crippen LogP contribution is -1.99. The minimum atomic E-state index is -0.792. The summed E-state index contributed by atoms with van der Waals surface area (Å²) in [5.74, 6) is -0.792. The second-order valence-electron chi connectivity index (χ2n) is 2.93. The van der Waals surface area contributed by atoms with E-state index >= 15 is 0 Å². The summed E-state index contributed by atoms with van der Waals surface area (Å²) in [6.45, 7) is 1.93. The molecule has 1 aromatic carbocycles. The van der Waals surface area contributed by atoms with E-state index in [2.05, 4.69) is 0 Å². The van der Waals surface area contributed by atoms with Crippen LogP contribution in [0.15, 0.2) is 18.2 Å². The van der Waals surface area contributed by atoms with Gasteiger partial charge in [-0.2, -0.15) is 0 Å². The molecule has 0 spiro atoms. The number of aliphatic carboxylic acids is 1. The highest BCUT2D eigenvalue weighted by Gasteiger charge is 2.05. The molecule has 0 radical (unpaired) electrons. The van der Waals surface area contributed by atoms with Gasteiger partial charge in [-0.1, -0.05) is 23.7 Å². The van der Waals surface area contributed by atoms with Crippen LogP contribution in [0.4, 0.5) is 0 Å². The number of hydrogen-bond acceptors (Lipinski definition) is 1. The van der Waals surface area contributed by atoms with E-state index in [4.69, 9.17) is 16.7 Å². The molecule has 0 bridgehead atoms. The maximum absolute atomic E-state index is 10.4. The first-order valence-corrected chi connectivity index (χ1v) is 4.45. The Morgan fingerprint density at radius 3 is 2.77 bits per heavy atom. The lowest BCUT2D eigenvalue weighted by Gasteiger charge is -2.05. The van der Waals surface area contributed by atoms with Crippen LogP contribution >= 0.6 is 11.6 Å². The lowest BCUT2D eigenvalue weighted by atomic mass is 10.0. The second kappa shape index (κ2) is 4.28. The fourth-order valence-electron chi connectivity index (χ4n) is 1.21. The Kier molecular flexibility index (Phi) is 3.32. The van der Waals surface area contributed by atoms with Gasteiger partial charge >= 0.3 is 5.97 Å². The van der Waals surface area contributed by atoms with Crippen molar-refractivity contribution >= 4 is 17.6 Å². The highest BCUT2D eigenvalue weighted by molar-refractivity contribution is 6.31. The Bertz CT molecular complexity index is 300. The second-order valence-corrected chi connectivity index (χ2v) is 3.34. The predicted octanol–water partition coefficient (Wildman–Crippen LogP) is 2.67. The average molecular weight is 199 g/mol. The molecule has 13 heavy (non-hydrogen) atoms. The summed E-state index contributed by atoms with van der Waals surface area (Å²) in [5, 5.41) is 9.17. The summed E-state index contributed by atoms with van der Waals surface area (Å²) in [7, 11) is 0. The Balaban J connectivity index is 2.81. The normalized spacial score (nSPS) is 10.0. The third kappa shape index (κ3) is 2.74. The molecule has 0 atom stereocenters. The van der Waals surface area contributed by atoms with Crippen molar-refractivity contribution in [3.63, 3.8) is 0 Å². The highest BCUT2D eigenvalue weighted by atomic mass is 35.5. The number of rotatable bonds is 3. The van der Waals surface area contributed by atoms with Crippen molar-refractivity contribution in [2.75, 3.05) is 0 Å². The van der Waals surface area contributed by atoms with Crippen LogP contribution in [0.2, 0.25) is 5.02 Å². The molecule has 0 aliphatic rings. The number of halogens is 1. The minimum Gasteiger partial charge on any atom is -0.481 e. The van der Waals surface area contributed by atoms with Gasteiger partial charge in [0.25, 0.3) is 0 Å². The third-order valence-electron chi connectivity index (χ3n) is 1.94. The number of aryl methyl sites for hydroxylation is 1. The first kappa shape index (κ1) is 10.1. The van der Waals surface area contributed by atoms with E-state index in [-0.39, 0.29) is 6.42 Å². The molecule has 0 amide bonds. The first-order valence-electron chi connectivity index (χ1n) is 4.07. The first-order chi connectivity index (χ1) is 6.11. The Morgan fingerprint density at radius 1 is 1.54 bits per heavy atom. The van der Waals surface area contributed by atoms with Crippen LogP contribution in [0.3, 0.4) is 0 Å². The van der Waals surface area contributed by atoms with Crippen molar-refractivity contribution in [3.8, 4) is 0 Å². The summed E-state index contributed by atoms with van der Waals surface area (Å²) in [6.07, 6.45) is 0.630. The van der Waals surface area contributed by atoms with Gasteiger partial charge in [0.1, 0.15) is 0 Å². The van der Waals surface area contributed by atoms with E-state index in [1.807, 2.05) is 19.1 Å². The molecule has 0 aromatic heterocycles. The Morgan fingerprint density at radius 2 is 2.23 bits per heavy atom. The SMILES string of the molecule is Cc1cccc(Cl)c1CCC(=O)O. The van der Waals surface area contributed by atoms with E-state index in [1.165, 1.54) is 0 Å². The van der Waals surface area contributed by atoms with Crippen LogP contribution < -0.4 is 0 Å². The van der Waals surface area contributed by atoms with Crippen LogP contribution in [-0.4, -0.2) is 11.1 Å². The molecule has 0 saturated heterocycles. The van der Waals surface area contributed by atoms with Gasteiger partial charge in [0.05, 0.1) is 0 Å². The van der Waals surface area contributed by atoms with Crippen molar-refractivity contribution < 1.29 is 9.90 Å². The summed E-state index contributed by atoms with van der Waals surface area (Å²) >= 11 is 5.92. The number of carboxylic acid groups (broad SMARTS) is 1. The number of hydrogen-bond donors (Lipinski definition) is 1. The molecule has 0 saturated carbocycles. The van der Waals surface area contributed by atoms with Crippen molar-refractivity contribution in [2.45, 2.75) is 19.8 Å². The summed E-state index contributed by atoms with van der Waals surface area (Å²) in [5.41, 5.74) is 1.99. The molecule has 70 valence electrons. The van der Waals surface area contributed by atoms with E-state index in [1.54, 1.807) is 6.07 Å². The van der Waals surface area contributed by atoms with E-state index in [0.717, 1.165) is 11.1 Å². The molecule has 0 unspecified atom stereocenters. The molecule has 1 aromatic rings. The monoisotopic (exact) mass is 198 g/mol. The lowest BCUT2D eigenvalue weighted by molar-refractivity contribution is -0.136. The largest absolute Gasteiger partial charge is 0.481 e. The van der Waals surface area contributed by atoms with Crippen LogP contribution in [0.5, 0.6) is 0 Å². The Hall–Kier alpha value is -1.02. The third-order valence-corrected chi connectivity index (χ3v) is 2.30. The molecule has 1 N–H and O–H groups in total. The van der Waals surface area contributed by atoms with E-state index in [0.29, 0.717) is 11.4 Å². The van der Waals surface area contributed by atoms with Gasteiger partial charge in [0.2, 0.25) is 0 Å². The van der Waals surface area contributed by atoms with E-state index in [9.17, 15) is 4.79 Å². The van der Waals surface area contributed by atoms with Crippen molar-refractivity contribution in [1.29, 1.82) is 0 Å². The summed E-state index contributed by atoms with van der Waals surface area (Å²) in [4.78, 5) is 10.4. The quantitative estimate of drug-likeness (QED) is 0.811. The molecular formula is C10H11ClO2. The van der Waals surface area contributed by atoms with Crippen LogP contribution in [-0.2, 0) is 11.2 Å². The van der Waals surface area contributed by atoms with Crippen LogP contribution in [0.1, 0.15) is 17.5 Å². The van der Waals surface area contributed by atoms with Crippen LogP contribution in [0.25, 0.3) is 0 Å². The molecular weight excluding hydrogens is 188 g/mol. The van der Waals surface area contributed by atoms with Crippen molar-refractivity contribution in [2.24, 2.45) is 0 Å². The van der Waals surface area contributed by atoms with Gasteiger partial charge in [-0.15, -0.1) is 0 Å². The summed E-state index contributed by atoms with van der Waals surface area (Å²) < 4.78 is 0. The fraction of sp³-hybridized carbons (Fsp3) is 0.300. The minimum absolute atomic E-state index is 0.130. The topological polar surface area (TPSA) is 37.3 Å². The van der Waals surface area contributed by atoms with Gasteiger partial charge in [-0.25, -0.2) is 0 Å². The molecule has 0 aliphatic carbocycles. The number of carbonyl (C=O) groups is 1. The van der Waals surface area contributed by atoms with Gasteiger partial charge in [0.15, 0.2) is 0 Å². The molecule has 0 aliphatic heterocycles. The average Bonchev–Trinajstić information content (AvgIpc) is 2.03. The zero-order valence-electron chi connectivity index (χ0n) is 7.38. The maximum Gasteiger partial charge on any atom is 0.303 e. The van der Waals surface area contributed by atoms with Gasteiger partial charge < -0.3 is 5.11 Å². The van der Waals surface area contributed by atoms with E-state index < -0.39 is 5.97 Å². The molecule has 0 heterocycles. The molecule has 3 heteroatoms. The zero-order chi connectivity index (χ0) is 9.84. The van der Waals surface area contributed by atoms with Crippen molar-refractivity contribution in [3.05, 3.63) is 34.3 Å². The predicted molar refractivity (Wildman–Crippen MR) is 52.1 cm³/mol. The standard InChI is InChI=1S/C10H11ClO2/c1-7-3-2-4-9(11)8(7)5-6-10(12)13/h2-4H,5-6H2,1H3,(H,12,13). The molecule has 2 nitrogen and oxygen atoms in total. The van der Waals surface area contributed by atoms with Crippen LogP contribution in [0, 0.1) is 6.92 Å². The highest BCUT2D eigenvalue weighted by Crippen LogP contribution is 2.20. The fourth-order valence-corrected chi connectivity index (χ4v) is 1.53. The van der Waals surface area contributed by atoms with Gasteiger partial charge in [-0.3, -0.25) is 4.79 Å². The summed E-state index contributed by atoms with van der Waals surface area (Å²) in [6, 6.07) is 5.58. The Labute approximate surface area is 82.2 Å². The molecule has 1 rings (SSSR count). The number of carboxylic acids is 1. The maximum atomic E-state index is 10.4. The zero-order valence-corrected chi connectivity index (χ0v) is 8.14. The van der Waals surface area contributed by atoms with Gasteiger partial charge in [-0.05, 0) is 30.5 Å². The molecule has 0 fully saturated rings. The van der Waals surface area contributed by atoms with Crippen molar-refractivity contribution in [1.82, 2.24) is 0 Å². The van der Waals surface area contributed by atoms with Gasteiger partial charge in [0, 0.05) is 11.4 Å². The number of benzene rings is 1.